The molecule has 3 rings (SSSR count). The molecule has 0 aliphatic carbocycles. The molecule has 0 bridgehead atoms. The van der Waals surface area contributed by atoms with E-state index in [2.05, 4.69) is 15.3 Å². The molecule has 2 heterocycles. The molecule has 0 fully saturated rings. The monoisotopic (exact) mass is 374 g/mol. The number of rotatable bonds is 6. The minimum atomic E-state index is -0.505. The van der Waals surface area contributed by atoms with E-state index in [1.165, 1.54) is 43.0 Å². The minimum Gasteiger partial charge on any atom is -0.495 e. The summed E-state index contributed by atoms with van der Waals surface area (Å²) in [4.78, 5) is 31.6. The van der Waals surface area contributed by atoms with Gasteiger partial charge in [0.25, 0.3) is 5.69 Å². The Morgan fingerprint density at radius 2 is 2.19 bits per heavy atom. The average Bonchev–Trinajstić information content (AvgIpc) is 3.07. The van der Waals surface area contributed by atoms with Crippen molar-refractivity contribution in [3.8, 4) is 5.75 Å². The van der Waals surface area contributed by atoms with Crippen LogP contribution in [-0.2, 0) is 4.74 Å². The second-order valence-corrected chi connectivity index (χ2v) is 5.90. The van der Waals surface area contributed by atoms with Gasteiger partial charge in [0.15, 0.2) is 0 Å². The zero-order valence-electron chi connectivity index (χ0n) is 13.9. The average molecular weight is 374 g/mol. The first kappa shape index (κ1) is 17.5. The van der Waals surface area contributed by atoms with Crippen LogP contribution in [0, 0.1) is 10.1 Å². The van der Waals surface area contributed by atoms with Crippen molar-refractivity contribution in [2.24, 2.45) is 0 Å². The smallest absolute Gasteiger partial charge is 0.339 e. The number of carbonyl (C=O) groups excluding carboxylic acids is 1. The van der Waals surface area contributed by atoms with Gasteiger partial charge in [-0.25, -0.2) is 14.8 Å². The number of aromatic nitrogens is 2. The maximum Gasteiger partial charge on any atom is 0.339 e. The van der Waals surface area contributed by atoms with E-state index in [9.17, 15) is 14.9 Å². The van der Waals surface area contributed by atoms with Crippen LogP contribution in [0.5, 0.6) is 5.75 Å². The molecule has 3 aromatic rings. The van der Waals surface area contributed by atoms with E-state index in [0.717, 1.165) is 0 Å². The summed E-state index contributed by atoms with van der Waals surface area (Å²) in [7, 11) is 1.45. The van der Waals surface area contributed by atoms with Gasteiger partial charge in [0, 0.05) is 17.5 Å². The number of carbonyl (C=O) groups is 1. The maximum absolute atomic E-state index is 12.2. The van der Waals surface area contributed by atoms with Gasteiger partial charge < -0.3 is 14.8 Å². The van der Waals surface area contributed by atoms with Crippen molar-refractivity contribution in [1.82, 2.24) is 9.97 Å². The summed E-state index contributed by atoms with van der Waals surface area (Å²) in [5.41, 5.74) is 0.580. The van der Waals surface area contributed by atoms with Crippen LogP contribution in [0.2, 0.25) is 0 Å². The van der Waals surface area contributed by atoms with Crippen LogP contribution in [0.25, 0.3) is 10.2 Å². The Bertz CT molecular complexity index is 988. The number of hydrogen-bond donors (Lipinski definition) is 1. The third-order valence-electron chi connectivity index (χ3n) is 3.51. The zero-order valence-corrected chi connectivity index (χ0v) is 14.7. The zero-order chi connectivity index (χ0) is 18.7. The van der Waals surface area contributed by atoms with E-state index in [-0.39, 0.29) is 12.3 Å². The Balaban J connectivity index is 2.09. The van der Waals surface area contributed by atoms with Crippen molar-refractivity contribution < 1.29 is 19.2 Å². The Labute approximate surface area is 151 Å². The van der Waals surface area contributed by atoms with E-state index in [1.807, 2.05) is 0 Å². The fourth-order valence-corrected chi connectivity index (χ4v) is 3.24. The molecule has 0 radical (unpaired) electrons. The van der Waals surface area contributed by atoms with E-state index in [0.29, 0.717) is 33.0 Å². The Kier molecular flexibility index (Phi) is 4.94. The molecule has 1 N–H and O–H groups in total. The number of esters is 1. The normalized spacial score (nSPS) is 10.5. The topological polar surface area (TPSA) is 116 Å². The third-order valence-corrected chi connectivity index (χ3v) is 4.40. The van der Waals surface area contributed by atoms with Crippen molar-refractivity contribution in [1.29, 1.82) is 0 Å². The quantitative estimate of drug-likeness (QED) is 0.396. The number of nitrogens with one attached hydrogen (secondary N) is 1. The number of anilines is 2. The molecule has 26 heavy (non-hydrogen) atoms. The van der Waals surface area contributed by atoms with Crippen LogP contribution in [0.3, 0.4) is 0 Å². The van der Waals surface area contributed by atoms with Crippen LogP contribution in [0.4, 0.5) is 17.2 Å². The number of fused-ring (bicyclic) bond motifs is 1. The van der Waals surface area contributed by atoms with Crippen molar-refractivity contribution in [3.63, 3.8) is 0 Å². The van der Waals surface area contributed by atoms with Gasteiger partial charge in [-0.05, 0) is 13.0 Å². The fourth-order valence-electron chi connectivity index (χ4n) is 2.36. The van der Waals surface area contributed by atoms with Gasteiger partial charge in [-0.1, -0.05) is 0 Å². The largest absolute Gasteiger partial charge is 0.495 e. The highest BCUT2D eigenvalue weighted by Crippen LogP contribution is 2.35. The molecule has 0 spiro atoms. The molecule has 2 aromatic heterocycles. The second kappa shape index (κ2) is 7.31. The predicted molar refractivity (Wildman–Crippen MR) is 96.3 cm³/mol. The number of non-ortho nitro benzene ring substituents is 1. The Hall–Kier alpha value is -3.27. The fraction of sp³-hybridized carbons (Fsp3) is 0.188. The second-order valence-electron chi connectivity index (χ2n) is 5.04. The third kappa shape index (κ3) is 3.26. The molecule has 0 saturated heterocycles. The van der Waals surface area contributed by atoms with Gasteiger partial charge in [0.05, 0.1) is 35.3 Å². The van der Waals surface area contributed by atoms with Crippen LogP contribution >= 0.6 is 11.3 Å². The maximum atomic E-state index is 12.2. The highest BCUT2D eigenvalue weighted by Gasteiger charge is 2.20. The van der Waals surface area contributed by atoms with Crippen LogP contribution in [-0.4, -0.2) is 34.6 Å². The van der Waals surface area contributed by atoms with Gasteiger partial charge in [-0.15, -0.1) is 11.3 Å². The SMILES string of the molecule is CCOC(=O)c1csc2ncnc(Nc3cc([N+](=O)[O-])ccc3OC)c12. The van der Waals surface area contributed by atoms with Gasteiger partial charge in [0.2, 0.25) is 0 Å². The van der Waals surface area contributed by atoms with E-state index in [1.54, 1.807) is 12.3 Å². The number of ether oxygens (including phenoxy) is 2. The molecule has 134 valence electrons. The van der Waals surface area contributed by atoms with Gasteiger partial charge in [0.1, 0.15) is 22.7 Å². The van der Waals surface area contributed by atoms with Crippen LogP contribution < -0.4 is 10.1 Å². The van der Waals surface area contributed by atoms with E-state index < -0.39 is 10.9 Å². The number of nitrogens with zero attached hydrogens (tertiary/aromatic N) is 3. The first-order chi connectivity index (χ1) is 12.5. The number of hydrogen-bond acceptors (Lipinski definition) is 9. The molecule has 0 aliphatic heterocycles. The standard InChI is InChI=1S/C16H14N4O5S/c1-3-25-16(21)10-7-26-15-13(10)14(17-8-18-15)19-11-6-9(20(22)23)4-5-12(11)24-2/h4-8H,3H2,1-2H3,(H,17,18,19). The molecule has 1 aromatic carbocycles. The molecule has 0 unspecified atom stereocenters. The number of benzene rings is 1. The lowest BCUT2D eigenvalue weighted by Gasteiger charge is -2.11. The summed E-state index contributed by atoms with van der Waals surface area (Å²) in [6.07, 6.45) is 1.35. The molecule has 10 heteroatoms. The van der Waals surface area contributed by atoms with Crippen LogP contribution in [0.15, 0.2) is 29.9 Å². The lowest BCUT2D eigenvalue weighted by molar-refractivity contribution is -0.384. The molecule has 0 saturated carbocycles. The van der Waals surface area contributed by atoms with Crippen molar-refractivity contribution >= 4 is 44.7 Å². The molecule has 0 amide bonds. The number of thiophene rings is 1. The lowest BCUT2D eigenvalue weighted by Crippen LogP contribution is -2.05. The highest BCUT2D eigenvalue weighted by atomic mass is 32.1. The minimum absolute atomic E-state index is 0.102. The Morgan fingerprint density at radius 1 is 1.38 bits per heavy atom. The van der Waals surface area contributed by atoms with Gasteiger partial charge in [-0.3, -0.25) is 10.1 Å². The summed E-state index contributed by atoms with van der Waals surface area (Å²) in [5.74, 6) is 0.246. The van der Waals surface area contributed by atoms with Crippen LogP contribution in [0.1, 0.15) is 17.3 Å². The molecule has 0 aliphatic rings. The van der Waals surface area contributed by atoms with Gasteiger partial charge in [-0.2, -0.15) is 0 Å². The molecular weight excluding hydrogens is 360 g/mol. The first-order valence-electron chi connectivity index (χ1n) is 7.54. The van der Waals surface area contributed by atoms with E-state index in [4.69, 9.17) is 9.47 Å². The lowest BCUT2D eigenvalue weighted by atomic mass is 10.2. The number of nitro benzene ring substituents is 1. The predicted octanol–water partition coefficient (Wildman–Crippen LogP) is 3.53. The van der Waals surface area contributed by atoms with Gasteiger partial charge >= 0.3 is 5.97 Å². The number of methoxy groups -OCH3 is 1. The Morgan fingerprint density at radius 3 is 2.88 bits per heavy atom. The summed E-state index contributed by atoms with van der Waals surface area (Å²) in [6, 6.07) is 4.16. The number of nitro groups is 1. The summed E-state index contributed by atoms with van der Waals surface area (Å²) < 4.78 is 10.3. The van der Waals surface area contributed by atoms with Crippen molar-refractivity contribution in [2.45, 2.75) is 6.92 Å². The van der Waals surface area contributed by atoms with Crippen molar-refractivity contribution in [3.05, 3.63) is 45.6 Å². The molecular formula is C16H14N4O5S. The van der Waals surface area contributed by atoms with Crippen molar-refractivity contribution in [2.75, 3.05) is 19.0 Å². The first-order valence-corrected chi connectivity index (χ1v) is 8.41. The summed E-state index contributed by atoms with van der Waals surface area (Å²) in [5, 5.41) is 16.2. The highest BCUT2D eigenvalue weighted by molar-refractivity contribution is 7.17. The van der Waals surface area contributed by atoms with E-state index >= 15 is 0 Å². The summed E-state index contributed by atoms with van der Waals surface area (Å²) >= 11 is 1.28. The molecule has 9 nitrogen and oxygen atoms in total. The summed E-state index contributed by atoms with van der Waals surface area (Å²) in [6.45, 7) is 1.96. The molecule has 0 atom stereocenters.